The quantitative estimate of drug-likeness (QED) is 0.265. The van der Waals surface area contributed by atoms with Crippen molar-refractivity contribution in [2.24, 2.45) is 0 Å². The standard InChI is InChI=1S/C6H7NS.Na/c7-5-1-3-6(8)4-2-5;/h1-4,8H,7H2;/q;+1/p-1. The summed E-state index contributed by atoms with van der Waals surface area (Å²) in [4.78, 5) is 0.833. The SMILES string of the molecule is Nc1ccc([S-])cc1.[Na+]. The van der Waals surface area contributed by atoms with Crippen LogP contribution in [0.1, 0.15) is 0 Å². The van der Waals surface area contributed by atoms with E-state index in [-0.39, 0.29) is 29.6 Å². The van der Waals surface area contributed by atoms with Gasteiger partial charge in [-0.15, -0.1) is 0 Å². The van der Waals surface area contributed by atoms with Crippen molar-refractivity contribution in [3.63, 3.8) is 0 Å². The van der Waals surface area contributed by atoms with Crippen molar-refractivity contribution in [3.05, 3.63) is 24.3 Å². The fourth-order valence-electron chi connectivity index (χ4n) is 0.468. The van der Waals surface area contributed by atoms with Crippen LogP contribution in [0.5, 0.6) is 0 Å². The summed E-state index contributed by atoms with van der Waals surface area (Å²) in [5.74, 6) is 0. The molecule has 1 nitrogen and oxygen atoms in total. The smallest absolute Gasteiger partial charge is 0.780 e. The van der Waals surface area contributed by atoms with Crippen LogP contribution >= 0.6 is 0 Å². The summed E-state index contributed by atoms with van der Waals surface area (Å²) in [5.41, 5.74) is 6.14. The summed E-state index contributed by atoms with van der Waals surface area (Å²) in [5, 5.41) is 0. The Balaban J connectivity index is 0.000000640. The first-order valence-electron chi connectivity index (χ1n) is 2.31. The van der Waals surface area contributed by atoms with E-state index in [1.807, 2.05) is 12.1 Å². The van der Waals surface area contributed by atoms with E-state index in [1.165, 1.54) is 0 Å². The second-order valence-corrected chi connectivity index (χ2v) is 2.04. The maximum absolute atomic E-state index is 5.38. The average Bonchev–Trinajstić information content (AvgIpc) is 1.77. The van der Waals surface area contributed by atoms with Crippen LogP contribution in [0.15, 0.2) is 29.2 Å². The zero-order chi connectivity index (χ0) is 5.98. The molecule has 0 radical (unpaired) electrons. The predicted molar refractivity (Wildman–Crippen MR) is 36.5 cm³/mol. The molecule has 0 fully saturated rings. The van der Waals surface area contributed by atoms with Crippen LogP contribution in [0.3, 0.4) is 0 Å². The van der Waals surface area contributed by atoms with Crippen LogP contribution < -0.4 is 35.3 Å². The van der Waals surface area contributed by atoms with Gasteiger partial charge in [-0.2, -0.15) is 4.90 Å². The van der Waals surface area contributed by atoms with E-state index >= 15 is 0 Å². The number of anilines is 1. The Kier molecular flexibility index (Phi) is 4.23. The Morgan fingerprint density at radius 3 is 1.89 bits per heavy atom. The average molecular weight is 147 g/mol. The van der Waals surface area contributed by atoms with Gasteiger partial charge in [-0.05, 0) is 12.1 Å². The molecular formula is C6H6NNaS. The fraction of sp³-hybridized carbons (Fsp3) is 0. The van der Waals surface area contributed by atoms with Crippen LogP contribution in [-0.2, 0) is 12.6 Å². The van der Waals surface area contributed by atoms with Crippen LogP contribution in [0.2, 0.25) is 0 Å². The molecular weight excluding hydrogens is 141 g/mol. The Morgan fingerprint density at radius 2 is 1.56 bits per heavy atom. The molecule has 0 amide bonds. The Hall–Kier alpha value is 0.240. The van der Waals surface area contributed by atoms with E-state index in [2.05, 4.69) is 0 Å². The van der Waals surface area contributed by atoms with Gasteiger partial charge in [-0.3, -0.25) is 0 Å². The predicted octanol–water partition coefficient (Wildman–Crippen LogP) is -1.82. The Labute approximate surface area is 82.3 Å². The summed E-state index contributed by atoms with van der Waals surface area (Å²) >= 11 is 4.82. The number of rotatable bonds is 0. The third-order valence-electron chi connectivity index (χ3n) is 0.880. The fourth-order valence-corrected chi connectivity index (χ4v) is 0.604. The minimum atomic E-state index is 0. The number of nitrogens with two attached hydrogens (primary N) is 1. The van der Waals surface area contributed by atoms with Gasteiger partial charge in [0.1, 0.15) is 0 Å². The molecule has 0 unspecified atom stereocenters. The van der Waals surface area contributed by atoms with E-state index in [4.69, 9.17) is 18.4 Å². The van der Waals surface area contributed by atoms with Crippen molar-refractivity contribution in [3.8, 4) is 0 Å². The summed E-state index contributed by atoms with van der Waals surface area (Å²) in [6.45, 7) is 0. The van der Waals surface area contributed by atoms with E-state index in [0.29, 0.717) is 0 Å². The van der Waals surface area contributed by atoms with Gasteiger partial charge >= 0.3 is 29.6 Å². The van der Waals surface area contributed by atoms with E-state index in [0.717, 1.165) is 10.6 Å². The molecule has 0 atom stereocenters. The van der Waals surface area contributed by atoms with Crippen molar-refractivity contribution in [1.29, 1.82) is 0 Å². The van der Waals surface area contributed by atoms with Crippen molar-refractivity contribution < 1.29 is 29.6 Å². The van der Waals surface area contributed by atoms with Crippen molar-refractivity contribution >= 4 is 18.3 Å². The molecule has 0 bridgehead atoms. The number of nitrogen functional groups attached to an aromatic ring is 1. The van der Waals surface area contributed by atoms with Gasteiger partial charge in [0.25, 0.3) is 0 Å². The van der Waals surface area contributed by atoms with Crippen LogP contribution in [-0.4, -0.2) is 0 Å². The molecule has 1 rings (SSSR count). The molecule has 0 aliphatic heterocycles. The van der Waals surface area contributed by atoms with Gasteiger partial charge in [0, 0.05) is 5.69 Å². The molecule has 0 spiro atoms. The van der Waals surface area contributed by atoms with Gasteiger partial charge in [-0.25, -0.2) is 0 Å². The molecule has 0 aliphatic rings. The van der Waals surface area contributed by atoms with E-state index < -0.39 is 0 Å². The molecule has 0 aromatic heterocycles. The first-order chi connectivity index (χ1) is 3.79. The molecule has 9 heavy (non-hydrogen) atoms. The Bertz CT molecular complexity index is 152. The third-order valence-corrected chi connectivity index (χ3v) is 1.15. The maximum atomic E-state index is 5.38. The van der Waals surface area contributed by atoms with Crippen molar-refractivity contribution in [1.82, 2.24) is 0 Å². The number of hydrogen-bond acceptors (Lipinski definition) is 2. The first-order valence-corrected chi connectivity index (χ1v) is 2.72. The van der Waals surface area contributed by atoms with Gasteiger partial charge in [0.15, 0.2) is 0 Å². The van der Waals surface area contributed by atoms with Crippen LogP contribution in [0.25, 0.3) is 0 Å². The van der Waals surface area contributed by atoms with Gasteiger partial charge in [0.2, 0.25) is 0 Å². The maximum Gasteiger partial charge on any atom is 1.00 e. The minimum absolute atomic E-state index is 0. The second-order valence-electron chi connectivity index (χ2n) is 1.57. The van der Waals surface area contributed by atoms with Crippen molar-refractivity contribution in [2.75, 3.05) is 5.73 Å². The van der Waals surface area contributed by atoms with E-state index in [9.17, 15) is 0 Å². The van der Waals surface area contributed by atoms with Crippen LogP contribution in [0.4, 0.5) is 5.69 Å². The zero-order valence-corrected chi connectivity index (χ0v) is 8.11. The molecule has 2 N–H and O–H groups in total. The number of benzene rings is 1. The summed E-state index contributed by atoms with van der Waals surface area (Å²) in [6, 6.07) is 7.21. The molecule has 42 valence electrons. The van der Waals surface area contributed by atoms with Gasteiger partial charge < -0.3 is 18.4 Å². The molecule has 0 saturated heterocycles. The summed E-state index contributed by atoms with van der Waals surface area (Å²) < 4.78 is 0. The molecule has 0 heterocycles. The molecule has 3 heteroatoms. The van der Waals surface area contributed by atoms with Crippen molar-refractivity contribution in [2.45, 2.75) is 4.90 Å². The molecule has 0 saturated carbocycles. The normalized spacial score (nSPS) is 8.00. The van der Waals surface area contributed by atoms with Gasteiger partial charge in [0.05, 0.1) is 0 Å². The zero-order valence-electron chi connectivity index (χ0n) is 5.29. The second kappa shape index (κ2) is 4.12. The molecule has 1 aromatic carbocycles. The topological polar surface area (TPSA) is 26.0 Å². The molecule has 1 aromatic rings. The monoisotopic (exact) mass is 147 g/mol. The third kappa shape index (κ3) is 3.06. The largest absolute Gasteiger partial charge is 1.00 e. The van der Waals surface area contributed by atoms with Crippen LogP contribution in [0, 0.1) is 0 Å². The Morgan fingerprint density at radius 1 is 1.11 bits per heavy atom. The summed E-state index contributed by atoms with van der Waals surface area (Å²) in [6.07, 6.45) is 0. The van der Waals surface area contributed by atoms with E-state index in [1.54, 1.807) is 12.1 Å². The number of hydrogen-bond donors (Lipinski definition) is 1. The molecule has 0 aliphatic carbocycles. The van der Waals surface area contributed by atoms with Gasteiger partial charge in [-0.1, -0.05) is 12.1 Å². The summed E-state index contributed by atoms with van der Waals surface area (Å²) in [7, 11) is 0. The minimum Gasteiger partial charge on any atom is -0.780 e. The first kappa shape index (κ1) is 9.24.